The summed E-state index contributed by atoms with van der Waals surface area (Å²) in [4.78, 5) is 9.60. The molecular weight excluding hydrogens is 360 g/mol. The van der Waals surface area contributed by atoms with Gasteiger partial charge in [0, 0.05) is 43.6 Å². The summed E-state index contributed by atoms with van der Waals surface area (Å²) in [5, 5.41) is 7.95. The second-order valence-electron chi connectivity index (χ2n) is 8.14. The van der Waals surface area contributed by atoms with Crippen LogP contribution in [0, 0.1) is 6.92 Å². The number of para-hydroxylation sites is 1. The van der Waals surface area contributed by atoms with Crippen molar-refractivity contribution in [2.75, 3.05) is 36.4 Å². The van der Waals surface area contributed by atoms with Crippen molar-refractivity contribution in [2.45, 2.75) is 32.2 Å². The fourth-order valence-corrected chi connectivity index (χ4v) is 4.27. The number of anilines is 3. The molecule has 0 radical (unpaired) electrons. The summed E-state index contributed by atoms with van der Waals surface area (Å²) in [6.45, 7) is 6.69. The predicted octanol–water partition coefficient (Wildman–Crippen LogP) is 3.99. The summed E-state index contributed by atoms with van der Waals surface area (Å²) in [7, 11) is 0. The van der Waals surface area contributed by atoms with E-state index in [1.165, 1.54) is 43.6 Å². The smallest absolute Gasteiger partial charge is 0.246 e. The van der Waals surface area contributed by atoms with E-state index >= 15 is 0 Å². The van der Waals surface area contributed by atoms with Crippen molar-refractivity contribution in [1.29, 1.82) is 0 Å². The SMILES string of the molecule is Cc1cc(Nc2ncn(-c3ccccc3)n2)cc(N2CCN(C3CCC3)CC2)c1. The zero-order valence-corrected chi connectivity index (χ0v) is 17.0. The van der Waals surface area contributed by atoms with E-state index < -0.39 is 0 Å². The average molecular weight is 389 g/mol. The Labute approximate surface area is 172 Å². The number of hydrogen-bond acceptors (Lipinski definition) is 5. The van der Waals surface area contributed by atoms with Crippen molar-refractivity contribution in [3.63, 3.8) is 0 Å². The molecule has 6 heteroatoms. The van der Waals surface area contributed by atoms with E-state index in [1.807, 2.05) is 30.3 Å². The standard InChI is InChI=1S/C23H28N6/c1-18-14-19(25-23-24-17-29(26-23)21-6-3-2-4-7-21)16-22(15-18)28-12-10-27(11-13-28)20-8-5-9-20/h2-4,6-7,14-17,20H,5,8-13H2,1H3,(H,25,26). The minimum Gasteiger partial charge on any atom is -0.369 e. The van der Waals surface area contributed by atoms with Gasteiger partial charge in [-0.25, -0.2) is 4.68 Å². The van der Waals surface area contributed by atoms with Gasteiger partial charge in [0.15, 0.2) is 0 Å². The number of rotatable bonds is 5. The third kappa shape index (κ3) is 3.98. The molecule has 2 heterocycles. The summed E-state index contributed by atoms with van der Waals surface area (Å²) in [5.74, 6) is 0.611. The van der Waals surface area contributed by atoms with Gasteiger partial charge in [0.25, 0.3) is 0 Å². The number of hydrogen-bond donors (Lipinski definition) is 1. The van der Waals surface area contributed by atoms with E-state index in [9.17, 15) is 0 Å². The first-order valence-corrected chi connectivity index (χ1v) is 10.6. The molecule has 2 fully saturated rings. The van der Waals surface area contributed by atoms with E-state index in [0.29, 0.717) is 5.95 Å². The van der Waals surface area contributed by atoms with Gasteiger partial charge in [0.2, 0.25) is 5.95 Å². The Morgan fingerprint density at radius 2 is 1.72 bits per heavy atom. The first-order chi connectivity index (χ1) is 14.2. The predicted molar refractivity (Wildman–Crippen MR) is 117 cm³/mol. The molecule has 1 aliphatic carbocycles. The molecular formula is C23H28N6. The molecule has 6 nitrogen and oxygen atoms in total. The lowest BCUT2D eigenvalue weighted by Gasteiger charge is -2.43. The second kappa shape index (κ2) is 7.87. The third-order valence-corrected chi connectivity index (χ3v) is 6.10. The Morgan fingerprint density at radius 3 is 2.45 bits per heavy atom. The van der Waals surface area contributed by atoms with E-state index in [0.717, 1.165) is 30.5 Å². The van der Waals surface area contributed by atoms with Gasteiger partial charge in [-0.2, -0.15) is 4.98 Å². The molecule has 1 N–H and O–H groups in total. The van der Waals surface area contributed by atoms with Crippen molar-refractivity contribution in [1.82, 2.24) is 19.7 Å². The van der Waals surface area contributed by atoms with Crippen LogP contribution in [0.5, 0.6) is 0 Å². The van der Waals surface area contributed by atoms with Crippen LogP contribution in [0.1, 0.15) is 24.8 Å². The van der Waals surface area contributed by atoms with E-state index in [1.54, 1.807) is 11.0 Å². The maximum atomic E-state index is 4.57. The summed E-state index contributed by atoms with van der Waals surface area (Å²) in [5.41, 5.74) is 4.56. The Morgan fingerprint density at radius 1 is 0.931 bits per heavy atom. The molecule has 3 aromatic rings. The van der Waals surface area contributed by atoms with E-state index in [4.69, 9.17) is 0 Å². The van der Waals surface area contributed by atoms with Gasteiger partial charge in [0.1, 0.15) is 6.33 Å². The minimum atomic E-state index is 0.611. The van der Waals surface area contributed by atoms with E-state index in [-0.39, 0.29) is 0 Å². The molecule has 0 spiro atoms. The molecule has 29 heavy (non-hydrogen) atoms. The largest absolute Gasteiger partial charge is 0.369 e. The first-order valence-electron chi connectivity index (χ1n) is 10.6. The Hall–Kier alpha value is -2.86. The van der Waals surface area contributed by atoms with Crippen molar-refractivity contribution in [3.05, 3.63) is 60.4 Å². The maximum Gasteiger partial charge on any atom is 0.246 e. The number of benzene rings is 2. The highest BCUT2D eigenvalue weighted by atomic mass is 15.4. The van der Waals surface area contributed by atoms with Crippen LogP contribution < -0.4 is 10.2 Å². The molecule has 1 saturated carbocycles. The highest BCUT2D eigenvalue weighted by Crippen LogP contribution is 2.28. The fraction of sp³-hybridized carbons (Fsp3) is 0.391. The Bertz CT molecular complexity index is 955. The number of piperazine rings is 1. The zero-order chi connectivity index (χ0) is 19.6. The molecule has 150 valence electrons. The second-order valence-corrected chi connectivity index (χ2v) is 8.14. The first kappa shape index (κ1) is 18.2. The summed E-state index contributed by atoms with van der Waals surface area (Å²) < 4.78 is 1.79. The monoisotopic (exact) mass is 388 g/mol. The van der Waals surface area contributed by atoms with Gasteiger partial charge < -0.3 is 10.2 Å². The van der Waals surface area contributed by atoms with Crippen LogP contribution in [0.4, 0.5) is 17.3 Å². The number of aryl methyl sites for hydroxylation is 1. The lowest BCUT2D eigenvalue weighted by molar-refractivity contribution is 0.120. The Kier molecular flexibility index (Phi) is 4.94. The lowest BCUT2D eigenvalue weighted by atomic mass is 9.91. The van der Waals surface area contributed by atoms with Crippen LogP contribution in [0.3, 0.4) is 0 Å². The van der Waals surface area contributed by atoms with Gasteiger partial charge in [-0.3, -0.25) is 4.90 Å². The summed E-state index contributed by atoms with van der Waals surface area (Å²) >= 11 is 0. The highest BCUT2D eigenvalue weighted by molar-refractivity contribution is 5.64. The fourth-order valence-electron chi connectivity index (χ4n) is 4.27. The van der Waals surface area contributed by atoms with Crippen molar-refractivity contribution in [2.24, 2.45) is 0 Å². The molecule has 1 saturated heterocycles. The molecule has 0 amide bonds. The van der Waals surface area contributed by atoms with E-state index in [2.05, 4.69) is 50.3 Å². The highest BCUT2D eigenvalue weighted by Gasteiger charge is 2.28. The summed E-state index contributed by atoms with van der Waals surface area (Å²) in [6, 6.07) is 17.5. The number of aromatic nitrogens is 3. The number of nitrogens with zero attached hydrogens (tertiary/aromatic N) is 5. The maximum absolute atomic E-state index is 4.57. The van der Waals surface area contributed by atoms with Crippen molar-refractivity contribution < 1.29 is 0 Å². The van der Waals surface area contributed by atoms with Crippen LogP contribution in [0.15, 0.2) is 54.9 Å². The molecule has 0 bridgehead atoms. The Balaban J connectivity index is 1.28. The van der Waals surface area contributed by atoms with Crippen LogP contribution in [0.25, 0.3) is 5.69 Å². The molecule has 2 aliphatic rings. The van der Waals surface area contributed by atoms with Gasteiger partial charge >= 0.3 is 0 Å². The van der Waals surface area contributed by atoms with Gasteiger partial charge in [-0.05, 0) is 55.7 Å². The van der Waals surface area contributed by atoms with Crippen LogP contribution in [-0.2, 0) is 0 Å². The van der Waals surface area contributed by atoms with Gasteiger partial charge in [-0.15, -0.1) is 5.10 Å². The molecule has 5 rings (SSSR count). The molecule has 1 aliphatic heterocycles. The summed E-state index contributed by atoms with van der Waals surface area (Å²) in [6.07, 6.45) is 5.93. The zero-order valence-electron chi connectivity index (χ0n) is 17.0. The third-order valence-electron chi connectivity index (χ3n) is 6.10. The molecule has 1 aromatic heterocycles. The van der Waals surface area contributed by atoms with Crippen LogP contribution in [-0.4, -0.2) is 51.9 Å². The number of nitrogens with one attached hydrogen (secondary N) is 1. The lowest BCUT2D eigenvalue weighted by Crippen LogP contribution is -2.52. The van der Waals surface area contributed by atoms with Gasteiger partial charge in [-0.1, -0.05) is 24.6 Å². The van der Waals surface area contributed by atoms with Crippen molar-refractivity contribution >= 4 is 17.3 Å². The van der Waals surface area contributed by atoms with Crippen LogP contribution >= 0.6 is 0 Å². The average Bonchev–Trinajstić information content (AvgIpc) is 3.16. The molecule has 0 unspecified atom stereocenters. The molecule has 0 atom stereocenters. The quantitative estimate of drug-likeness (QED) is 0.716. The minimum absolute atomic E-state index is 0.611. The van der Waals surface area contributed by atoms with Crippen molar-refractivity contribution in [3.8, 4) is 5.69 Å². The van der Waals surface area contributed by atoms with Crippen LogP contribution in [0.2, 0.25) is 0 Å². The van der Waals surface area contributed by atoms with Gasteiger partial charge in [0.05, 0.1) is 5.69 Å². The topological polar surface area (TPSA) is 49.2 Å². The normalized spacial score (nSPS) is 17.9. The molecule has 2 aromatic carbocycles.